The molecule has 0 aliphatic carbocycles. The van der Waals surface area contributed by atoms with Gasteiger partial charge in [-0.2, -0.15) is 13.2 Å². The normalized spacial score (nSPS) is 22.0. The summed E-state index contributed by atoms with van der Waals surface area (Å²) in [6.07, 6.45) is -2.61. The van der Waals surface area contributed by atoms with Gasteiger partial charge in [0.25, 0.3) is 0 Å². The first-order valence-corrected chi connectivity index (χ1v) is 6.44. The van der Waals surface area contributed by atoms with E-state index < -0.39 is 24.7 Å². The number of hydrogen-bond donors (Lipinski definition) is 2. The number of hydrogen-bond acceptors (Lipinski definition) is 3. The van der Waals surface area contributed by atoms with Crippen LogP contribution in [0.2, 0.25) is 0 Å². The van der Waals surface area contributed by atoms with Crippen molar-refractivity contribution in [1.29, 1.82) is 0 Å². The van der Waals surface area contributed by atoms with Gasteiger partial charge in [0, 0.05) is 18.6 Å². The first-order valence-electron chi connectivity index (χ1n) is 6.44. The Balaban J connectivity index is 2.42. The molecule has 0 aromatic heterocycles. The molecule has 0 aromatic carbocycles. The van der Waals surface area contributed by atoms with Crippen molar-refractivity contribution in [3.05, 3.63) is 0 Å². The van der Waals surface area contributed by atoms with E-state index in [0.717, 1.165) is 12.8 Å². The molecule has 1 saturated heterocycles. The largest absolute Gasteiger partial charge is 0.405 e. The van der Waals surface area contributed by atoms with Crippen molar-refractivity contribution in [3.63, 3.8) is 0 Å². The van der Waals surface area contributed by atoms with E-state index in [1.165, 1.54) is 0 Å². The van der Waals surface area contributed by atoms with Gasteiger partial charge >= 0.3 is 6.18 Å². The Morgan fingerprint density at radius 1 is 1.37 bits per heavy atom. The highest BCUT2D eigenvalue weighted by Gasteiger charge is 2.33. The number of amides is 1. The molecule has 19 heavy (non-hydrogen) atoms. The second kappa shape index (κ2) is 6.09. The van der Waals surface area contributed by atoms with Crippen LogP contribution < -0.4 is 10.6 Å². The lowest BCUT2D eigenvalue weighted by molar-refractivity contribution is -0.141. The minimum atomic E-state index is -4.36. The summed E-state index contributed by atoms with van der Waals surface area (Å²) in [5.41, 5.74) is 0.0542. The minimum Gasteiger partial charge on any atom is -0.346 e. The first-order chi connectivity index (χ1) is 8.67. The fourth-order valence-corrected chi connectivity index (χ4v) is 2.16. The molecule has 1 amide bonds. The number of carbonyl (C=O) groups excluding carboxylic acids is 1. The molecule has 1 aliphatic rings. The number of carbonyl (C=O) groups is 1. The third-order valence-electron chi connectivity index (χ3n) is 3.90. The summed E-state index contributed by atoms with van der Waals surface area (Å²) < 4.78 is 36.1. The third kappa shape index (κ3) is 4.99. The van der Waals surface area contributed by atoms with Crippen LogP contribution in [0.1, 0.15) is 26.7 Å². The van der Waals surface area contributed by atoms with E-state index in [-0.39, 0.29) is 5.54 Å². The van der Waals surface area contributed by atoms with E-state index in [9.17, 15) is 18.0 Å². The van der Waals surface area contributed by atoms with Crippen molar-refractivity contribution in [3.8, 4) is 0 Å². The molecule has 0 aromatic rings. The van der Waals surface area contributed by atoms with Crippen molar-refractivity contribution in [2.24, 2.45) is 0 Å². The third-order valence-corrected chi connectivity index (χ3v) is 3.90. The summed E-state index contributed by atoms with van der Waals surface area (Å²) in [5, 5.41) is 5.17. The molecular weight excluding hydrogens is 259 g/mol. The van der Waals surface area contributed by atoms with E-state index in [0.29, 0.717) is 13.1 Å². The van der Waals surface area contributed by atoms with Crippen LogP contribution in [-0.4, -0.2) is 55.2 Å². The van der Waals surface area contributed by atoms with Gasteiger partial charge in [-0.15, -0.1) is 0 Å². The summed E-state index contributed by atoms with van der Waals surface area (Å²) in [6.45, 7) is 3.90. The standard InChI is InChI=1S/C12H22F3N3O/c1-9(10(19)17-8-12(13,14)15)18-6-4-11(2,16-3)5-7-18/h9,16H,4-8H2,1-3H3,(H,17,19). The number of nitrogens with zero attached hydrogens (tertiary/aromatic N) is 1. The lowest BCUT2D eigenvalue weighted by atomic mass is 9.89. The minimum absolute atomic E-state index is 0.0542. The summed E-state index contributed by atoms with van der Waals surface area (Å²) in [7, 11) is 1.90. The molecule has 1 heterocycles. The number of piperidine rings is 1. The molecule has 7 heteroatoms. The van der Waals surface area contributed by atoms with Crippen LogP contribution in [0.25, 0.3) is 0 Å². The molecule has 0 bridgehead atoms. The smallest absolute Gasteiger partial charge is 0.346 e. The molecule has 2 N–H and O–H groups in total. The second-order valence-corrected chi connectivity index (χ2v) is 5.36. The van der Waals surface area contributed by atoms with Crippen molar-refractivity contribution in [2.45, 2.75) is 44.4 Å². The Labute approximate surface area is 111 Å². The van der Waals surface area contributed by atoms with E-state index in [2.05, 4.69) is 12.2 Å². The number of nitrogens with one attached hydrogen (secondary N) is 2. The lowest BCUT2D eigenvalue weighted by Gasteiger charge is -2.41. The molecule has 1 fully saturated rings. The monoisotopic (exact) mass is 281 g/mol. The Morgan fingerprint density at radius 2 is 1.89 bits per heavy atom. The van der Waals surface area contributed by atoms with Crippen LogP contribution in [0.15, 0.2) is 0 Å². The zero-order valence-electron chi connectivity index (χ0n) is 11.6. The fraction of sp³-hybridized carbons (Fsp3) is 0.917. The van der Waals surface area contributed by atoms with Crippen LogP contribution in [0, 0.1) is 0 Å². The maximum absolute atomic E-state index is 12.0. The Bertz CT molecular complexity index is 312. The fourth-order valence-electron chi connectivity index (χ4n) is 2.16. The van der Waals surface area contributed by atoms with Gasteiger partial charge < -0.3 is 10.6 Å². The molecule has 0 saturated carbocycles. The number of rotatable bonds is 4. The summed E-state index contributed by atoms with van der Waals surface area (Å²) >= 11 is 0. The number of halogens is 3. The zero-order chi connectivity index (χ0) is 14.7. The predicted octanol–water partition coefficient (Wildman–Crippen LogP) is 1.13. The van der Waals surface area contributed by atoms with Crippen LogP contribution in [0.3, 0.4) is 0 Å². The molecule has 1 atom stereocenters. The molecule has 0 spiro atoms. The molecule has 1 unspecified atom stereocenters. The zero-order valence-corrected chi connectivity index (χ0v) is 11.6. The van der Waals surface area contributed by atoms with Gasteiger partial charge in [0.15, 0.2) is 0 Å². The van der Waals surface area contributed by atoms with Crippen molar-refractivity contribution < 1.29 is 18.0 Å². The van der Waals surface area contributed by atoms with Crippen molar-refractivity contribution in [1.82, 2.24) is 15.5 Å². The topological polar surface area (TPSA) is 44.4 Å². The highest BCUT2D eigenvalue weighted by molar-refractivity contribution is 5.81. The maximum Gasteiger partial charge on any atom is 0.405 e. The lowest BCUT2D eigenvalue weighted by Crippen LogP contribution is -2.55. The van der Waals surface area contributed by atoms with Crippen LogP contribution >= 0.6 is 0 Å². The molecule has 0 radical (unpaired) electrons. The summed E-state index contributed by atoms with van der Waals surface area (Å²) in [6, 6.07) is -0.524. The molecule has 1 aliphatic heterocycles. The quantitative estimate of drug-likeness (QED) is 0.812. The van der Waals surface area contributed by atoms with Gasteiger partial charge in [0.05, 0.1) is 6.04 Å². The van der Waals surface area contributed by atoms with Gasteiger partial charge in [0.2, 0.25) is 5.91 Å². The van der Waals surface area contributed by atoms with Crippen LogP contribution in [0.4, 0.5) is 13.2 Å². The molecule has 112 valence electrons. The highest BCUT2D eigenvalue weighted by Crippen LogP contribution is 2.22. The Morgan fingerprint density at radius 3 is 2.32 bits per heavy atom. The number of alkyl halides is 3. The van der Waals surface area contributed by atoms with E-state index >= 15 is 0 Å². The van der Waals surface area contributed by atoms with Gasteiger partial charge in [-0.25, -0.2) is 0 Å². The predicted molar refractivity (Wildman–Crippen MR) is 66.8 cm³/mol. The van der Waals surface area contributed by atoms with Gasteiger partial charge in [-0.3, -0.25) is 9.69 Å². The van der Waals surface area contributed by atoms with Crippen LogP contribution in [-0.2, 0) is 4.79 Å². The maximum atomic E-state index is 12.0. The average Bonchev–Trinajstić information content (AvgIpc) is 2.35. The van der Waals surface area contributed by atoms with Crippen molar-refractivity contribution in [2.75, 3.05) is 26.7 Å². The van der Waals surface area contributed by atoms with E-state index in [4.69, 9.17) is 0 Å². The van der Waals surface area contributed by atoms with Gasteiger partial charge in [-0.05, 0) is 33.7 Å². The second-order valence-electron chi connectivity index (χ2n) is 5.36. The van der Waals surface area contributed by atoms with Gasteiger partial charge in [0.1, 0.15) is 6.54 Å². The van der Waals surface area contributed by atoms with Crippen LogP contribution in [0.5, 0.6) is 0 Å². The Hall–Kier alpha value is -0.820. The summed E-state index contributed by atoms with van der Waals surface area (Å²) in [5.74, 6) is -0.564. The van der Waals surface area contributed by atoms with E-state index in [1.54, 1.807) is 6.92 Å². The summed E-state index contributed by atoms with van der Waals surface area (Å²) in [4.78, 5) is 13.6. The van der Waals surface area contributed by atoms with E-state index in [1.807, 2.05) is 17.3 Å². The highest BCUT2D eigenvalue weighted by atomic mass is 19.4. The Kier molecular flexibility index (Phi) is 5.20. The van der Waals surface area contributed by atoms with Gasteiger partial charge in [-0.1, -0.05) is 0 Å². The first kappa shape index (κ1) is 16.2. The average molecular weight is 281 g/mol. The molecule has 1 rings (SSSR count). The number of likely N-dealkylation sites (tertiary alicyclic amines) is 1. The molecular formula is C12H22F3N3O. The molecule has 4 nitrogen and oxygen atoms in total. The SMILES string of the molecule is CNC1(C)CCN(C(C)C(=O)NCC(F)(F)F)CC1. The van der Waals surface area contributed by atoms with Crippen molar-refractivity contribution >= 4 is 5.91 Å².